The molecule has 0 aromatic heterocycles. The lowest BCUT2D eigenvalue weighted by Crippen LogP contribution is -2.34. The molecule has 0 spiro atoms. The Morgan fingerprint density at radius 2 is 1.87 bits per heavy atom. The van der Waals surface area contributed by atoms with Gasteiger partial charge in [-0.2, -0.15) is 0 Å². The Kier molecular flexibility index (Phi) is 3.83. The highest BCUT2D eigenvalue weighted by atomic mass is 16.4. The van der Waals surface area contributed by atoms with Gasteiger partial charge in [-0.05, 0) is 44.0 Å². The molecular formula is C17H20N2O4. The largest absolute Gasteiger partial charge is 0.481 e. The summed E-state index contributed by atoms with van der Waals surface area (Å²) in [5.41, 5.74) is 0.466. The SMILES string of the molecule is CC1(C(=O)O)CCN(C(=O)c2ccc(N3CCCC3=O)cc2)C1. The number of hydrogen-bond donors (Lipinski definition) is 1. The van der Waals surface area contributed by atoms with Crippen molar-refractivity contribution in [2.24, 2.45) is 5.41 Å². The summed E-state index contributed by atoms with van der Waals surface area (Å²) in [5.74, 6) is -0.911. The van der Waals surface area contributed by atoms with Gasteiger partial charge >= 0.3 is 5.97 Å². The number of nitrogens with zero attached hydrogens (tertiary/aromatic N) is 2. The zero-order valence-electron chi connectivity index (χ0n) is 13.1. The molecule has 2 aliphatic heterocycles. The molecule has 2 saturated heterocycles. The summed E-state index contributed by atoms with van der Waals surface area (Å²) in [6.07, 6.45) is 1.90. The Morgan fingerprint density at radius 3 is 2.39 bits per heavy atom. The molecule has 1 unspecified atom stereocenters. The standard InChI is InChI=1S/C17H20N2O4/c1-17(16(22)23)8-10-18(11-17)15(21)12-4-6-13(7-5-12)19-9-2-3-14(19)20/h4-7H,2-3,8-11H2,1H3,(H,22,23). The predicted molar refractivity (Wildman–Crippen MR) is 84.3 cm³/mol. The summed E-state index contributed by atoms with van der Waals surface area (Å²) in [5, 5.41) is 9.25. The van der Waals surface area contributed by atoms with E-state index in [9.17, 15) is 19.5 Å². The molecule has 1 aromatic rings. The minimum Gasteiger partial charge on any atom is -0.481 e. The summed E-state index contributed by atoms with van der Waals surface area (Å²) in [6.45, 7) is 3.07. The summed E-state index contributed by atoms with van der Waals surface area (Å²) < 4.78 is 0. The number of benzene rings is 1. The fourth-order valence-electron chi connectivity index (χ4n) is 3.20. The maximum atomic E-state index is 12.5. The number of anilines is 1. The lowest BCUT2D eigenvalue weighted by molar-refractivity contribution is -0.147. The van der Waals surface area contributed by atoms with Crippen LogP contribution in [-0.4, -0.2) is 47.4 Å². The average molecular weight is 316 g/mol. The lowest BCUT2D eigenvalue weighted by Gasteiger charge is -2.21. The van der Waals surface area contributed by atoms with E-state index in [1.165, 1.54) is 0 Å². The van der Waals surface area contributed by atoms with Crippen molar-refractivity contribution in [1.29, 1.82) is 0 Å². The third-order valence-corrected chi connectivity index (χ3v) is 4.78. The van der Waals surface area contributed by atoms with Crippen LogP contribution in [0.4, 0.5) is 5.69 Å². The van der Waals surface area contributed by atoms with Crippen LogP contribution < -0.4 is 4.90 Å². The Balaban J connectivity index is 1.71. The van der Waals surface area contributed by atoms with Gasteiger partial charge in [-0.1, -0.05) is 0 Å². The fraction of sp³-hybridized carbons (Fsp3) is 0.471. The normalized spacial score (nSPS) is 24.3. The third kappa shape index (κ3) is 2.81. The Hall–Kier alpha value is -2.37. The van der Waals surface area contributed by atoms with Crippen molar-refractivity contribution in [2.75, 3.05) is 24.5 Å². The van der Waals surface area contributed by atoms with E-state index in [4.69, 9.17) is 0 Å². The Bertz CT molecular complexity index is 655. The zero-order valence-corrected chi connectivity index (χ0v) is 13.1. The van der Waals surface area contributed by atoms with E-state index in [1.54, 1.807) is 41.0 Å². The number of likely N-dealkylation sites (tertiary alicyclic amines) is 1. The highest BCUT2D eigenvalue weighted by molar-refractivity contribution is 5.98. The molecule has 0 saturated carbocycles. The summed E-state index contributed by atoms with van der Waals surface area (Å²) >= 11 is 0. The fourth-order valence-corrected chi connectivity index (χ4v) is 3.20. The topological polar surface area (TPSA) is 77.9 Å². The van der Waals surface area contributed by atoms with Crippen molar-refractivity contribution in [2.45, 2.75) is 26.2 Å². The van der Waals surface area contributed by atoms with Gasteiger partial charge in [-0.15, -0.1) is 0 Å². The first kappa shape index (κ1) is 15.5. The second-order valence-corrected chi connectivity index (χ2v) is 6.54. The van der Waals surface area contributed by atoms with Crippen LogP contribution in [0, 0.1) is 5.41 Å². The lowest BCUT2D eigenvalue weighted by atomic mass is 9.90. The highest BCUT2D eigenvalue weighted by Crippen LogP contribution is 2.31. The van der Waals surface area contributed by atoms with Crippen LogP contribution in [-0.2, 0) is 9.59 Å². The minimum absolute atomic E-state index is 0.112. The van der Waals surface area contributed by atoms with Gasteiger partial charge in [-0.25, -0.2) is 0 Å². The van der Waals surface area contributed by atoms with Crippen molar-refractivity contribution in [3.63, 3.8) is 0 Å². The first-order valence-corrected chi connectivity index (χ1v) is 7.84. The number of aliphatic carboxylic acids is 1. The molecule has 2 heterocycles. The van der Waals surface area contributed by atoms with Crippen LogP contribution in [0.25, 0.3) is 0 Å². The third-order valence-electron chi connectivity index (χ3n) is 4.78. The van der Waals surface area contributed by atoms with Gasteiger partial charge in [0.25, 0.3) is 5.91 Å². The van der Waals surface area contributed by atoms with Crippen molar-refractivity contribution in [3.8, 4) is 0 Å². The number of carboxylic acids is 1. The molecule has 1 atom stereocenters. The van der Waals surface area contributed by atoms with Crippen LogP contribution in [0.3, 0.4) is 0 Å². The van der Waals surface area contributed by atoms with Crippen molar-refractivity contribution in [3.05, 3.63) is 29.8 Å². The maximum absolute atomic E-state index is 12.5. The molecule has 0 bridgehead atoms. The summed E-state index contributed by atoms with van der Waals surface area (Å²) in [7, 11) is 0. The van der Waals surface area contributed by atoms with E-state index in [1.807, 2.05) is 0 Å². The molecule has 6 nitrogen and oxygen atoms in total. The molecule has 6 heteroatoms. The average Bonchev–Trinajstić information content (AvgIpc) is 3.14. The van der Waals surface area contributed by atoms with E-state index in [0.29, 0.717) is 24.9 Å². The summed E-state index contributed by atoms with van der Waals surface area (Å²) in [4.78, 5) is 38.8. The van der Waals surface area contributed by atoms with Crippen LogP contribution in [0.15, 0.2) is 24.3 Å². The summed E-state index contributed by atoms with van der Waals surface area (Å²) in [6, 6.07) is 6.98. The molecule has 1 N–H and O–H groups in total. The van der Waals surface area contributed by atoms with E-state index in [2.05, 4.69) is 0 Å². The van der Waals surface area contributed by atoms with Crippen molar-refractivity contribution < 1.29 is 19.5 Å². The van der Waals surface area contributed by atoms with Gasteiger partial charge in [0.1, 0.15) is 0 Å². The van der Waals surface area contributed by atoms with Gasteiger partial charge in [-0.3, -0.25) is 14.4 Å². The van der Waals surface area contributed by atoms with Crippen LogP contribution in [0.5, 0.6) is 0 Å². The minimum atomic E-state index is -0.865. The second kappa shape index (κ2) is 5.68. The van der Waals surface area contributed by atoms with Gasteiger partial charge in [0.15, 0.2) is 0 Å². The van der Waals surface area contributed by atoms with Gasteiger partial charge in [0.2, 0.25) is 5.91 Å². The van der Waals surface area contributed by atoms with Crippen LogP contribution in [0.1, 0.15) is 36.5 Å². The molecule has 1 aromatic carbocycles. The first-order valence-electron chi connectivity index (χ1n) is 7.84. The van der Waals surface area contributed by atoms with E-state index in [-0.39, 0.29) is 18.4 Å². The second-order valence-electron chi connectivity index (χ2n) is 6.54. The molecule has 23 heavy (non-hydrogen) atoms. The Morgan fingerprint density at radius 1 is 1.17 bits per heavy atom. The van der Waals surface area contributed by atoms with Gasteiger partial charge < -0.3 is 14.9 Å². The first-order chi connectivity index (χ1) is 10.9. The Labute approximate surface area is 134 Å². The number of rotatable bonds is 3. The molecule has 2 fully saturated rings. The highest BCUT2D eigenvalue weighted by Gasteiger charge is 2.42. The van der Waals surface area contributed by atoms with Crippen LogP contribution >= 0.6 is 0 Å². The van der Waals surface area contributed by atoms with Crippen molar-refractivity contribution >= 4 is 23.5 Å². The van der Waals surface area contributed by atoms with E-state index < -0.39 is 11.4 Å². The zero-order chi connectivity index (χ0) is 16.6. The molecule has 0 aliphatic carbocycles. The number of carbonyl (C=O) groups is 3. The number of amides is 2. The predicted octanol–water partition coefficient (Wildman–Crippen LogP) is 1.75. The molecule has 0 radical (unpaired) electrons. The molecule has 3 rings (SSSR count). The van der Waals surface area contributed by atoms with E-state index in [0.717, 1.165) is 18.7 Å². The molecule has 122 valence electrons. The molecular weight excluding hydrogens is 296 g/mol. The quantitative estimate of drug-likeness (QED) is 0.921. The van der Waals surface area contributed by atoms with Gasteiger partial charge in [0, 0.05) is 37.3 Å². The number of carboxylic acid groups (broad SMARTS) is 1. The van der Waals surface area contributed by atoms with Crippen molar-refractivity contribution in [1.82, 2.24) is 4.90 Å². The number of carbonyl (C=O) groups excluding carboxylic acids is 2. The monoisotopic (exact) mass is 316 g/mol. The van der Waals surface area contributed by atoms with Crippen LogP contribution in [0.2, 0.25) is 0 Å². The molecule has 2 aliphatic rings. The number of hydrogen-bond acceptors (Lipinski definition) is 3. The maximum Gasteiger partial charge on any atom is 0.311 e. The van der Waals surface area contributed by atoms with Gasteiger partial charge in [0.05, 0.1) is 5.41 Å². The molecule has 2 amide bonds. The van der Waals surface area contributed by atoms with E-state index >= 15 is 0 Å². The smallest absolute Gasteiger partial charge is 0.311 e.